The van der Waals surface area contributed by atoms with E-state index in [0.717, 1.165) is 6.42 Å². The standard InChI is InChI=1S/C10H14N2O2S/c1-15(13,14)10-5-3-2-4-8(10)12-9-6-7(9)11/h2-5,7,9,12H,6,11H2,1H3. The van der Waals surface area contributed by atoms with Crippen LogP contribution in [0, 0.1) is 0 Å². The number of sulfone groups is 1. The first-order valence-corrected chi connectivity index (χ1v) is 6.69. The molecule has 0 amide bonds. The van der Waals surface area contributed by atoms with Crippen LogP contribution < -0.4 is 11.1 Å². The summed E-state index contributed by atoms with van der Waals surface area (Å²) in [5, 5.41) is 3.14. The monoisotopic (exact) mass is 226 g/mol. The predicted octanol–water partition coefficient (Wildman–Crippen LogP) is 0.602. The van der Waals surface area contributed by atoms with Gasteiger partial charge < -0.3 is 11.1 Å². The van der Waals surface area contributed by atoms with Gasteiger partial charge in [0.25, 0.3) is 0 Å². The maximum atomic E-state index is 11.5. The summed E-state index contributed by atoms with van der Waals surface area (Å²) in [5.74, 6) is 0. The summed E-state index contributed by atoms with van der Waals surface area (Å²) in [5.41, 5.74) is 6.31. The zero-order valence-electron chi connectivity index (χ0n) is 8.47. The lowest BCUT2D eigenvalue weighted by Gasteiger charge is -2.09. The first kappa shape index (κ1) is 10.4. The molecule has 2 atom stereocenters. The summed E-state index contributed by atoms with van der Waals surface area (Å²) in [6.45, 7) is 0. The van der Waals surface area contributed by atoms with Gasteiger partial charge in [-0.3, -0.25) is 0 Å². The molecule has 0 radical (unpaired) electrons. The van der Waals surface area contributed by atoms with Crippen LogP contribution in [-0.4, -0.2) is 26.8 Å². The average Bonchev–Trinajstić information content (AvgIpc) is 2.81. The molecule has 1 fully saturated rings. The van der Waals surface area contributed by atoms with Crippen molar-refractivity contribution >= 4 is 15.5 Å². The third-order valence-electron chi connectivity index (χ3n) is 2.47. The molecule has 0 bridgehead atoms. The summed E-state index contributed by atoms with van der Waals surface area (Å²) in [6.07, 6.45) is 2.11. The first-order valence-electron chi connectivity index (χ1n) is 4.79. The molecule has 0 aromatic heterocycles. The normalized spacial score (nSPS) is 24.9. The van der Waals surface area contributed by atoms with E-state index in [1.165, 1.54) is 6.26 Å². The fraction of sp³-hybridized carbons (Fsp3) is 0.400. The molecule has 15 heavy (non-hydrogen) atoms. The molecule has 1 aromatic rings. The highest BCUT2D eigenvalue weighted by molar-refractivity contribution is 7.90. The fourth-order valence-electron chi connectivity index (χ4n) is 1.49. The van der Waals surface area contributed by atoms with Crippen LogP contribution in [0.3, 0.4) is 0 Å². The Kier molecular flexibility index (Phi) is 2.44. The van der Waals surface area contributed by atoms with Crippen molar-refractivity contribution in [1.29, 1.82) is 0 Å². The third kappa shape index (κ3) is 2.30. The van der Waals surface area contributed by atoms with Crippen LogP contribution in [0.2, 0.25) is 0 Å². The molecule has 0 spiro atoms. The first-order chi connectivity index (χ1) is 6.98. The Morgan fingerprint density at radius 2 is 2.00 bits per heavy atom. The number of nitrogens with one attached hydrogen (secondary N) is 1. The number of para-hydroxylation sites is 1. The zero-order valence-corrected chi connectivity index (χ0v) is 9.29. The number of nitrogens with two attached hydrogens (primary N) is 1. The minimum atomic E-state index is -3.17. The predicted molar refractivity (Wildman–Crippen MR) is 59.6 cm³/mol. The Hall–Kier alpha value is -1.07. The maximum absolute atomic E-state index is 11.5. The lowest BCUT2D eigenvalue weighted by Crippen LogP contribution is -2.15. The van der Waals surface area contributed by atoms with Crippen molar-refractivity contribution < 1.29 is 8.42 Å². The molecule has 0 saturated heterocycles. The van der Waals surface area contributed by atoms with Crippen molar-refractivity contribution in [3.8, 4) is 0 Å². The van der Waals surface area contributed by atoms with Gasteiger partial charge in [-0.1, -0.05) is 12.1 Å². The van der Waals surface area contributed by atoms with Crippen molar-refractivity contribution in [2.24, 2.45) is 5.73 Å². The lowest BCUT2D eigenvalue weighted by molar-refractivity contribution is 0.602. The van der Waals surface area contributed by atoms with Crippen LogP contribution in [0.1, 0.15) is 6.42 Å². The van der Waals surface area contributed by atoms with Gasteiger partial charge in [-0.05, 0) is 18.6 Å². The zero-order chi connectivity index (χ0) is 11.1. The second-order valence-electron chi connectivity index (χ2n) is 3.92. The highest BCUT2D eigenvalue weighted by Gasteiger charge is 2.34. The van der Waals surface area contributed by atoms with E-state index >= 15 is 0 Å². The summed E-state index contributed by atoms with van der Waals surface area (Å²) < 4.78 is 22.9. The summed E-state index contributed by atoms with van der Waals surface area (Å²) in [4.78, 5) is 0.337. The molecular weight excluding hydrogens is 212 g/mol. The molecule has 82 valence electrons. The average molecular weight is 226 g/mol. The Morgan fingerprint density at radius 1 is 1.40 bits per heavy atom. The van der Waals surface area contributed by atoms with E-state index in [2.05, 4.69) is 5.32 Å². The van der Waals surface area contributed by atoms with E-state index in [1.54, 1.807) is 18.2 Å². The molecule has 0 aliphatic heterocycles. The SMILES string of the molecule is CS(=O)(=O)c1ccccc1NC1CC1N. The highest BCUT2D eigenvalue weighted by Crippen LogP contribution is 2.28. The van der Waals surface area contributed by atoms with Crippen LogP contribution in [0.15, 0.2) is 29.2 Å². The van der Waals surface area contributed by atoms with Crippen molar-refractivity contribution in [3.63, 3.8) is 0 Å². The molecule has 0 heterocycles. The van der Waals surface area contributed by atoms with Gasteiger partial charge in [0.2, 0.25) is 0 Å². The van der Waals surface area contributed by atoms with Gasteiger partial charge in [-0.2, -0.15) is 0 Å². The van der Waals surface area contributed by atoms with Crippen LogP contribution in [0.4, 0.5) is 5.69 Å². The van der Waals surface area contributed by atoms with E-state index in [-0.39, 0.29) is 12.1 Å². The topological polar surface area (TPSA) is 72.2 Å². The molecule has 1 aromatic carbocycles. The minimum Gasteiger partial charge on any atom is -0.380 e. The van der Waals surface area contributed by atoms with Gasteiger partial charge in [-0.15, -0.1) is 0 Å². The largest absolute Gasteiger partial charge is 0.380 e. The molecule has 2 rings (SSSR count). The van der Waals surface area contributed by atoms with Gasteiger partial charge in [0, 0.05) is 18.3 Å². The summed E-state index contributed by atoms with van der Waals surface area (Å²) in [6, 6.07) is 7.26. The quantitative estimate of drug-likeness (QED) is 0.791. The van der Waals surface area contributed by atoms with Crippen LogP contribution >= 0.6 is 0 Å². The van der Waals surface area contributed by atoms with Gasteiger partial charge in [0.1, 0.15) is 0 Å². The van der Waals surface area contributed by atoms with E-state index in [0.29, 0.717) is 10.6 Å². The van der Waals surface area contributed by atoms with Gasteiger partial charge in [0.05, 0.1) is 10.6 Å². The second-order valence-corrected chi connectivity index (χ2v) is 5.90. The molecule has 3 N–H and O–H groups in total. The molecule has 1 aliphatic carbocycles. The minimum absolute atomic E-state index is 0.151. The number of rotatable bonds is 3. The second kappa shape index (κ2) is 3.50. The van der Waals surface area contributed by atoms with Gasteiger partial charge in [-0.25, -0.2) is 8.42 Å². The summed E-state index contributed by atoms with van der Waals surface area (Å²) in [7, 11) is -3.17. The Labute approximate surface area is 89.4 Å². The van der Waals surface area contributed by atoms with E-state index in [9.17, 15) is 8.42 Å². The molecule has 4 nitrogen and oxygen atoms in total. The molecule has 1 aliphatic rings. The number of hydrogen-bond acceptors (Lipinski definition) is 4. The number of anilines is 1. The Balaban J connectivity index is 2.30. The van der Waals surface area contributed by atoms with E-state index in [1.807, 2.05) is 6.07 Å². The molecule has 5 heteroatoms. The van der Waals surface area contributed by atoms with Gasteiger partial charge in [0.15, 0.2) is 9.84 Å². The van der Waals surface area contributed by atoms with Crippen LogP contribution in [0.5, 0.6) is 0 Å². The van der Waals surface area contributed by atoms with Crippen molar-refractivity contribution in [3.05, 3.63) is 24.3 Å². The molecular formula is C10H14N2O2S. The Morgan fingerprint density at radius 3 is 2.53 bits per heavy atom. The molecule has 2 unspecified atom stereocenters. The molecule has 1 saturated carbocycles. The highest BCUT2D eigenvalue weighted by atomic mass is 32.2. The Bertz CT molecular complexity index is 470. The summed E-state index contributed by atoms with van der Waals surface area (Å²) >= 11 is 0. The van der Waals surface area contributed by atoms with Crippen LogP contribution in [-0.2, 0) is 9.84 Å². The maximum Gasteiger partial charge on any atom is 0.177 e. The van der Waals surface area contributed by atoms with Crippen molar-refractivity contribution in [2.75, 3.05) is 11.6 Å². The third-order valence-corrected chi connectivity index (χ3v) is 3.62. The van der Waals surface area contributed by atoms with E-state index in [4.69, 9.17) is 5.73 Å². The fourth-order valence-corrected chi connectivity index (χ4v) is 2.34. The number of benzene rings is 1. The van der Waals surface area contributed by atoms with Crippen molar-refractivity contribution in [2.45, 2.75) is 23.4 Å². The van der Waals surface area contributed by atoms with Gasteiger partial charge >= 0.3 is 0 Å². The van der Waals surface area contributed by atoms with Crippen LogP contribution in [0.25, 0.3) is 0 Å². The number of hydrogen-bond donors (Lipinski definition) is 2. The van der Waals surface area contributed by atoms with E-state index < -0.39 is 9.84 Å². The lowest BCUT2D eigenvalue weighted by atomic mass is 10.3. The van der Waals surface area contributed by atoms with Crippen molar-refractivity contribution in [1.82, 2.24) is 0 Å². The smallest absolute Gasteiger partial charge is 0.177 e.